The molecule has 0 fully saturated rings. The van der Waals surface area contributed by atoms with Crippen molar-refractivity contribution in [2.75, 3.05) is 11.4 Å². The Hall–Kier alpha value is -2.35. The number of aromatic nitrogens is 2. The topological polar surface area (TPSA) is 109 Å². The van der Waals surface area contributed by atoms with E-state index in [-0.39, 0.29) is 16.1 Å². The summed E-state index contributed by atoms with van der Waals surface area (Å²) in [4.78, 5) is 11.6. The fourth-order valence-electron chi connectivity index (χ4n) is 2.14. The summed E-state index contributed by atoms with van der Waals surface area (Å²) in [6.45, 7) is 3.23. The van der Waals surface area contributed by atoms with E-state index in [1.165, 1.54) is 19.2 Å². The molecule has 21 heavy (non-hydrogen) atoms. The number of nitrogens with one attached hydrogen (secondary N) is 1. The monoisotopic (exact) mass is 308 g/mol. The molecule has 0 aliphatic rings. The van der Waals surface area contributed by atoms with Gasteiger partial charge in [0.25, 0.3) is 15.9 Å². The van der Waals surface area contributed by atoms with Crippen molar-refractivity contribution in [3.8, 4) is 0 Å². The third-order valence-electron chi connectivity index (χ3n) is 3.19. The summed E-state index contributed by atoms with van der Waals surface area (Å²) in [6.07, 6.45) is 0. The molecule has 1 heterocycles. The summed E-state index contributed by atoms with van der Waals surface area (Å²) < 4.78 is 26.5. The number of rotatable bonds is 4. The van der Waals surface area contributed by atoms with Gasteiger partial charge in [-0.1, -0.05) is 12.1 Å². The molecular weight excluding hydrogens is 292 g/mol. The van der Waals surface area contributed by atoms with Crippen molar-refractivity contribution >= 4 is 21.6 Å². The molecule has 0 radical (unpaired) electrons. The zero-order chi connectivity index (χ0) is 15.8. The van der Waals surface area contributed by atoms with E-state index >= 15 is 0 Å². The van der Waals surface area contributed by atoms with Crippen LogP contribution in [-0.2, 0) is 10.0 Å². The van der Waals surface area contributed by atoms with Gasteiger partial charge in [0.1, 0.15) is 4.90 Å². The number of carbonyl (C=O) groups is 1. The molecule has 1 aromatic carbocycles. The lowest BCUT2D eigenvalue weighted by molar-refractivity contribution is 0.100. The molecule has 7 nitrogen and oxygen atoms in total. The Morgan fingerprint density at radius 2 is 1.90 bits per heavy atom. The van der Waals surface area contributed by atoms with Crippen molar-refractivity contribution in [1.29, 1.82) is 0 Å². The van der Waals surface area contributed by atoms with Crippen LogP contribution in [0.2, 0.25) is 0 Å². The van der Waals surface area contributed by atoms with E-state index in [0.29, 0.717) is 11.4 Å². The molecule has 8 heteroatoms. The molecule has 0 unspecified atom stereocenters. The summed E-state index contributed by atoms with van der Waals surface area (Å²) in [6, 6.07) is 6.28. The van der Waals surface area contributed by atoms with Gasteiger partial charge in [-0.2, -0.15) is 5.10 Å². The number of primary amides is 1. The number of anilines is 1. The van der Waals surface area contributed by atoms with Crippen molar-refractivity contribution < 1.29 is 13.2 Å². The van der Waals surface area contributed by atoms with Crippen molar-refractivity contribution in [1.82, 2.24) is 10.2 Å². The minimum Gasteiger partial charge on any atom is -0.366 e. The van der Waals surface area contributed by atoms with Crippen LogP contribution >= 0.6 is 0 Å². The lowest BCUT2D eigenvalue weighted by Gasteiger charge is -2.21. The van der Waals surface area contributed by atoms with Crippen molar-refractivity contribution in [3.05, 3.63) is 41.2 Å². The summed E-state index contributed by atoms with van der Waals surface area (Å²) in [5, 5.41) is 6.53. The largest absolute Gasteiger partial charge is 0.366 e. The zero-order valence-electron chi connectivity index (χ0n) is 11.9. The van der Waals surface area contributed by atoms with Crippen LogP contribution in [-0.4, -0.2) is 31.6 Å². The molecule has 0 aliphatic heterocycles. The van der Waals surface area contributed by atoms with Gasteiger partial charge in [-0.05, 0) is 26.0 Å². The van der Waals surface area contributed by atoms with E-state index in [4.69, 9.17) is 5.73 Å². The van der Waals surface area contributed by atoms with Crippen LogP contribution in [0.1, 0.15) is 21.7 Å². The first-order chi connectivity index (χ1) is 9.76. The molecule has 112 valence electrons. The van der Waals surface area contributed by atoms with Crippen LogP contribution in [0, 0.1) is 13.8 Å². The molecule has 0 atom stereocenters. The highest BCUT2D eigenvalue weighted by Gasteiger charge is 2.29. The van der Waals surface area contributed by atoms with E-state index in [9.17, 15) is 13.2 Å². The number of carbonyl (C=O) groups excluding carboxylic acids is 1. The van der Waals surface area contributed by atoms with Crippen LogP contribution < -0.4 is 10.0 Å². The number of nitrogens with two attached hydrogens (primary N) is 1. The zero-order valence-corrected chi connectivity index (χ0v) is 12.7. The number of para-hydroxylation sites is 1. The lowest BCUT2D eigenvalue weighted by atomic mass is 10.2. The van der Waals surface area contributed by atoms with E-state index in [1.807, 2.05) is 0 Å². The van der Waals surface area contributed by atoms with E-state index in [0.717, 1.165) is 4.31 Å². The van der Waals surface area contributed by atoms with Crippen LogP contribution in [0.5, 0.6) is 0 Å². The predicted molar refractivity (Wildman–Crippen MR) is 78.6 cm³/mol. The number of amides is 1. The number of aromatic amines is 1. The average Bonchev–Trinajstić information content (AvgIpc) is 2.77. The maximum absolute atomic E-state index is 12.7. The number of H-pyrrole nitrogens is 1. The molecular formula is C13H16N4O3S. The molecule has 2 rings (SSSR count). The predicted octanol–water partition coefficient (Wildman–Crippen LogP) is 0.951. The molecule has 3 N–H and O–H groups in total. The average molecular weight is 308 g/mol. The van der Waals surface area contributed by atoms with Gasteiger partial charge in [-0.25, -0.2) is 8.42 Å². The quantitative estimate of drug-likeness (QED) is 0.876. The number of benzene rings is 1. The van der Waals surface area contributed by atoms with Crippen molar-refractivity contribution in [3.63, 3.8) is 0 Å². The molecule has 0 bridgehead atoms. The Kier molecular flexibility index (Phi) is 3.73. The highest BCUT2D eigenvalue weighted by molar-refractivity contribution is 7.92. The molecule has 0 saturated heterocycles. The maximum atomic E-state index is 12.7. The van der Waals surface area contributed by atoms with E-state index < -0.39 is 15.9 Å². The van der Waals surface area contributed by atoms with E-state index in [2.05, 4.69) is 10.2 Å². The van der Waals surface area contributed by atoms with Gasteiger partial charge in [0.05, 0.1) is 22.6 Å². The fourth-order valence-corrected chi connectivity index (χ4v) is 3.69. The third-order valence-corrected chi connectivity index (χ3v) is 5.22. The first-order valence-corrected chi connectivity index (χ1v) is 7.60. The highest BCUT2D eigenvalue weighted by atomic mass is 32.2. The van der Waals surface area contributed by atoms with Gasteiger partial charge < -0.3 is 5.73 Å². The van der Waals surface area contributed by atoms with Crippen LogP contribution in [0.25, 0.3) is 0 Å². The van der Waals surface area contributed by atoms with Crippen LogP contribution in [0.3, 0.4) is 0 Å². The standard InChI is InChI=1S/C13H16N4O3S/c1-8-12(9(2)16-15-8)21(19,20)17(3)11-7-5-4-6-10(11)13(14)18/h4-7H,1-3H3,(H2,14,18)(H,15,16). The molecule has 1 amide bonds. The first kappa shape index (κ1) is 15.0. The number of hydrogen-bond donors (Lipinski definition) is 2. The third kappa shape index (κ3) is 2.49. The van der Waals surface area contributed by atoms with Gasteiger partial charge in [-0.15, -0.1) is 0 Å². The Morgan fingerprint density at radius 1 is 1.29 bits per heavy atom. The second kappa shape index (κ2) is 5.21. The molecule has 1 aromatic heterocycles. The second-order valence-corrected chi connectivity index (χ2v) is 6.52. The van der Waals surface area contributed by atoms with Crippen LogP contribution in [0.15, 0.2) is 29.2 Å². The Morgan fingerprint density at radius 3 is 2.43 bits per heavy atom. The van der Waals surface area contributed by atoms with Crippen molar-refractivity contribution in [2.24, 2.45) is 5.73 Å². The second-order valence-electron chi connectivity index (χ2n) is 4.62. The number of hydrogen-bond acceptors (Lipinski definition) is 4. The maximum Gasteiger partial charge on any atom is 0.267 e. The summed E-state index contributed by atoms with van der Waals surface area (Å²) in [7, 11) is -2.46. The van der Waals surface area contributed by atoms with Gasteiger partial charge >= 0.3 is 0 Å². The number of aryl methyl sites for hydroxylation is 2. The minimum absolute atomic E-state index is 0.101. The Bertz CT molecular complexity index is 776. The van der Waals surface area contributed by atoms with Gasteiger partial charge in [-0.3, -0.25) is 14.2 Å². The minimum atomic E-state index is -3.83. The summed E-state index contributed by atoms with van der Waals surface area (Å²) in [5.74, 6) is -0.687. The van der Waals surface area contributed by atoms with E-state index in [1.54, 1.807) is 26.0 Å². The van der Waals surface area contributed by atoms with Crippen molar-refractivity contribution in [2.45, 2.75) is 18.7 Å². The fraction of sp³-hybridized carbons (Fsp3) is 0.231. The highest BCUT2D eigenvalue weighted by Crippen LogP contribution is 2.27. The molecule has 0 aliphatic carbocycles. The normalized spacial score (nSPS) is 11.4. The summed E-state index contributed by atoms with van der Waals surface area (Å²) in [5.41, 5.74) is 6.47. The molecule has 0 spiro atoms. The lowest BCUT2D eigenvalue weighted by Crippen LogP contribution is -2.29. The van der Waals surface area contributed by atoms with Gasteiger partial charge in [0, 0.05) is 7.05 Å². The Labute approximate surface area is 122 Å². The smallest absolute Gasteiger partial charge is 0.267 e. The molecule has 0 saturated carbocycles. The number of nitrogens with zero attached hydrogens (tertiary/aromatic N) is 2. The summed E-state index contributed by atoms with van der Waals surface area (Å²) >= 11 is 0. The SMILES string of the molecule is Cc1n[nH]c(C)c1S(=O)(=O)N(C)c1ccccc1C(N)=O. The van der Waals surface area contributed by atoms with Gasteiger partial charge in [0.15, 0.2) is 0 Å². The first-order valence-electron chi connectivity index (χ1n) is 6.16. The number of sulfonamides is 1. The van der Waals surface area contributed by atoms with Crippen LogP contribution in [0.4, 0.5) is 5.69 Å². The van der Waals surface area contributed by atoms with Gasteiger partial charge in [0.2, 0.25) is 0 Å². The molecule has 2 aromatic rings. The Balaban J connectivity index is 2.60.